The number of nitrogens with one attached hydrogen (secondary N) is 2. The van der Waals surface area contributed by atoms with E-state index in [1.165, 1.54) is 0 Å². The molecule has 7 nitrogen and oxygen atoms in total. The van der Waals surface area contributed by atoms with Gasteiger partial charge in [-0.25, -0.2) is 0 Å². The monoisotopic (exact) mass is 418 g/mol. The Labute approximate surface area is 175 Å². The molecule has 8 heteroatoms. The summed E-state index contributed by atoms with van der Waals surface area (Å²) in [5.74, 6) is 0.498. The van der Waals surface area contributed by atoms with Crippen LogP contribution in [-0.2, 0) is 11.2 Å². The van der Waals surface area contributed by atoms with Crippen molar-refractivity contribution in [2.45, 2.75) is 38.5 Å². The number of hydrogen-bond acceptors (Lipinski definition) is 4. The highest BCUT2D eigenvalue weighted by molar-refractivity contribution is 6.31. The highest BCUT2D eigenvalue weighted by Crippen LogP contribution is 2.23. The fourth-order valence-corrected chi connectivity index (χ4v) is 3.52. The number of benzene rings is 1. The zero-order chi connectivity index (χ0) is 20.5. The molecule has 0 aliphatic carbocycles. The Morgan fingerprint density at radius 2 is 2.10 bits per heavy atom. The van der Waals surface area contributed by atoms with Gasteiger partial charge in [-0.15, -0.1) is 0 Å². The molecule has 0 fully saturated rings. The molecular formula is C21H27ClN4O3. The third-order valence-corrected chi connectivity index (χ3v) is 5.16. The van der Waals surface area contributed by atoms with Crippen LogP contribution in [0.25, 0.3) is 0 Å². The molecule has 29 heavy (non-hydrogen) atoms. The second kappa shape index (κ2) is 10.9. The minimum absolute atomic E-state index is 0.166. The second-order valence-electron chi connectivity index (χ2n) is 7.15. The van der Waals surface area contributed by atoms with Crippen molar-refractivity contribution in [2.24, 2.45) is 0 Å². The van der Waals surface area contributed by atoms with Crippen LogP contribution in [0.2, 0.25) is 5.02 Å². The summed E-state index contributed by atoms with van der Waals surface area (Å²) < 4.78 is 5.82. The lowest BCUT2D eigenvalue weighted by Gasteiger charge is -2.23. The first-order valence-corrected chi connectivity index (χ1v) is 10.5. The molecule has 1 aromatic carbocycles. The van der Waals surface area contributed by atoms with Gasteiger partial charge in [-0.1, -0.05) is 11.6 Å². The van der Waals surface area contributed by atoms with E-state index in [0.717, 1.165) is 31.2 Å². The number of hydrogen-bond donors (Lipinski definition) is 2. The number of nitrogens with zero attached hydrogens (tertiary/aromatic N) is 2. The van der Waals surface area contributed by atoms with Crippen molar-refractivity contribution in [1.82, 2.24) is 20.4 Å². The first-order chi connectivity index (χ1) is 14.1. The summed E-state index contributed by atoms with van der Waals surface area (Å²) in [5.41, 5.74) is 1.56. The molecule has 1 aliphatic heterocycles. The van der Waals surface area contributed by atoms with Crippen LogP contribution in [0.15, 0.2) is 30.6 Å². The fourth-order valence-electron chi connectivity index (χ4n) is 3.35. The lowest BCUT2D eigenvalue weighted by Crippen LogP contribution is -2.34. The van der Waals surface area contributed by atoms with Gasteiger partial charge in [0.25, 0.3) is 5.91 Å². The number of aromatic amines is 1. The van der Waals surface area contributed by atoms with Gasteiger partial charge in [0.05, 0.1) is 18.4 Å². The molecule has 2 amide bonds. The molecule has 0 saturated heterocycles. The van der Waals surface area contributed by atoms with Crippen molar-refractivity contribution in [3.05, 3.63) is 46.7 Å². The smallest absolute Gasteiger partial charge is 0.255 e. The maximum absolute atomic E-state index is 12.7. The second-order valence-corrected chi connectivity index (χ2v) is 7.58. The highest BCUT2D eigenvalue weighted by Gasteiger charge is 2.16. The number of aromatic nitrogens is 2. The van der Waals surface area contributed by atoms with Gasteiger partial charge in [-0.2, -0.15) is 5.10 Å². The standard InChI is InChI=1S/C21H27ClN4O3/c22-17-7-8-19-18(13-17)21(28)23-9-1-2-10-26(11-4-12-29-19)20(27)6-3-5-16-14-24-25-15-16/h7-8,13-15H,1-6,9-12H2,(H,23,28)(H,24,25). The number of fused-ring (bicyclic) bond motifs is 1. The summed E-state index contributed by atoms with van der Waals surface area (Å²) in [6.07, 6.45) is 8.17. The molecule has 0 radical (unpaired) electrons. The lowest BCUT2D eigenvalue weighted by atomic mass is 10.1. The Hall–Kier alpha value is -2.54. The minimum atomic E-state index is -0.186. The summed E-state index contributed by atoms with van der Waals surface area (Å²) >= 11 is 6.04. The molecule has 0 unspecified atom stereocenters. The summed E-state index contributed by atoms with van der Waals surface area (Å²) in [6.45, 7) is 2.32. The first-order valence-electron chi connectivity index (χ1n) is 10.1. The van der Waals surface area contributed by atoms with Crippen LogP contribution >= 0.6 is 11.6 Å². The van der Waals surface area contributed by atoms with Crippen molar-refractivity contribution in [3.8, 4) is 5.75 Å². The van der Waals surface area contributed by atoms with Crippen LogP contribution in [0.1, 0.15) is 48.0 Å². The number of H-pyrrole nitrogens is 1. The van der Waals surface area contributed by atoms with Crippen LogP contribution in [0, 0.1) is 0 Å². The Morgan fingerprint density at radius 1 is 1.24 bits per heavy atom. The van der Waals surface area contributed by atoms with Gasteiger partial charge >= 0.3 is 0 Å². The molecule has 2 aromatic rings. The van der Waals surface area contributed by atoms with E-state index in [0.29, 0.717) is 55.4 Å². The van der Waals surface area contributed by atoms with Crippen LogP contribution in [0.3, 0.4) is 0 Å². The number of rotatable bonds is 4. The zero-order valence-electron chi connectivity index (χ0n) is 16.5. The molecule has 1 aliphatic rings. The normalized spacial score (nSPS) is 15.9. The van der Waals surface area contributed by atoms with Gasteiger partial charge in [-0.05, 0) is 55.9 Å². The average molecular weight is 419 g/mol. The number of ether oxygens (including phenoxy) is 1. The highest BCUT2D eigenvalue weighted by atomic mass is 35.5. The largest absolute Gasteiger partial charge is 0.493 e. The lowest BCUT2D eigenvalue weighted by molar-refractivity contribution is -0.131. The molecule has 0 bridgehead atoms. The molecule has 3 rings (SSSR count). The first kappa shape index (κ1) is 21.2. The SMILES string of the molecule is O=C1NCCCCN(C(=O)CCCc2cn[nH]c2)CCCOc2ccc(Cl)cc21. The molecular weight excluding hydrogens is 392 g/mol. The van der Waals surface area contributed by atoms with Crippen LogP contribution in [-0.4, -0.2) is 53.2 Å². The predicted octanol–water partition coefficient (Wildman–Crippen LogP) is 3.21. The summed E-state index contributed by atoms with van der Waals surface area (Å²) in [6, 6.07) is 5.05. The topological polar surface area (TPSA) is 87.3 Å². The Bertz CT molecular complexity index is 810. The summed E-state index contributed by atoms with van der Waals surface area (Å²) in [7, 11) is 0. The van der Waals surface area contributed by atoms with Gasteiger partial charge in [0.2, 0.25) is 5.91 Å². The predicted molar refractivity (Wildman–Crippen MR) is 111 cm³/mol. The van der Waals surface area contributed by atoms with Crippen molar-refractivity contribution in [2.75, 3.05) is 26.2 Å². The Kier molecular flexibility index (Phi) is 7.93. The van der Waals surface area contributed by atoms with E-state index < -0.39 is 0 Å². The molecule has 0 spiro atoms. The fraction of sp³-hybridized carbons (Fsp3) is 0.476. The maximum Gasteiger partial charge on any atom is 0.255 e. The van der Waals surface area contributed by atoms with E-state index >= 15 is 0 Å². The van der Waals surface area contributed by atoms with E-state index in [1.807, 2.05) is 11.1 Å². The minimum Gasteiger partial charge on any atom is -0.493 e. The number of carbonyl (C=O) groups excluding carboxylic acids is 2. The van der Waals surface area contributed by atoms with Crippen LogP contribution < -0.4 is 10.1 Å². The average Bonchev–Trinajstić information content (AvgIpc) is 3.23. The van der Waals surface area contributed by atoms with Gasteiger partial charge in [-0.3, -0.25) is 14.7 Å². The number of aryl methyl sites for hydroxylation is 1. The number of halogens is 1. The van der Waals surface area contributed by atoms with E-state index in [2.05, 4.69) is 15.5 Å². The van der Waals surface area contributed by atoms with Crippen LogP contribution in [0.4, 0.5) is 0 Å². The van der Waals surface area contributed by atoms with E-state index in [1.54, 1.807) is 24.4 Å². The molecule has 0 saturated carbocycles. The number of carbonyl (C=O) groups is 2. The molecule has 0 atom stereocenters. The van der Waals surface area contributed by atoms with E-state index in [4.69, 9.17) is 16.3 Å². The zero-order valence-corrected chi connectivity index (χ0v) is 17.2. The van der Waals surface area contributed by atoms with Crippen molar-refractivity contribution in [1.29, 1.82) is 0 Å². The third-order valence-electron chi connectivity index (χ3n) is 4.92. The summed E-state index contributed by atoms with van der Waals surface area (Å²) in [4.78, 5) is 27.0. The van der Waals surface area contributed by atoms with Gasteiger partial charge in [0.15, 0.2) is 0 Å². The molecule has 1 aromatic heterocycles. The maximum atomic E-state index is 12.7. The third kappa shape index (κ3) is 6.49. The van der Waals surface area contributed by atoms with Crippen LogP contribution in [0.5, 0.6) is 5.75 Å². The molecule has 2 N–H and O–H groups in total. The molecule has 156 valence electrons. The summed E-state index contributed by atoms with van der Waals surface area (Å²) in [5, 5.41) is 10.1. The molecule has 2 heterocycles. The quantitative estimate of drug-likeness (QED) is 0.798. The Morgan fingerprint density at radius 3 is 2.93 bits per heavy atom. The van der Waals surface area contributed by atoms with Gasteiger partial charge in [0, 0.05) is 37.3 Å². The van der Waals surface area contributed by atoms with Crippen molar-refractivity contribution in [3.63, 3.8) is 0 Å². The van der Waals surface area contributed by atoms with Gasteiger partial charge in [0.1, 0.15) is 5.75 Å². The van der Waals surface area contributed by atoms with Gasteiger partial charge < -0.3 is 15.0 Å². The van der Waals surface area contributed by atoms with E-state index in [9.17, 15) is 9.59 Å². The van der Waals surface area contributed by atoms with E-state index in [-0.39, 0.29) is 11.8 Å². The van der Waals surface area contributed by atoms with Crippen molar-refractivity contribution < 1.29 is 14.3 Å². The number of amides is 2. The Balaban J connectivity index is 1.56. The van der Waals surface area contributed by atoms with Crippen molar-refractivity contribution >= 4 is 23.4 Å².